The highest BCUT2D eigenvalue weighted by atomic mass is 19.4. The van der Waals surface area contributed by atoms with Crippen molar-refractivity contribution in [2.24, 2.45) is 4.99 Å². The van der Waals surface area contributed by atoms with Crippen LogP contribution < -0.4 is 15.7 Å². The van der Waals surface area contributed by atoms with Gasteiger partial charge in [0.05, 0.1) is 29.0 Å². The van der Waals surface area contributed by atoms with Gasteiger partial charge >= 0.3 is 24.6 Å². The molecule has 2 aromatic carbocycles. The van der Waals surface area contributed by atoms with Crippen LogP contribution in [-0.2, 0) is 39.3 Å². The molecule has 1 amide bonds. The van der Waals surface area contributed by atoms with Crippen LogP contribution >= 0.6 is 0 Å². The van der Waals surface area contributed by atoms with Gasteiger partial charge in [-0.15, -0.1) is 5.48 Å². The molecule has 3 atom stereocenters. The number of hydrogen-bond donors (Lipinski definition) is 2. The van der Waals surface area contributed by atoms with Gasteiger partial charge in [-0.3, -0.25) is 10.2 Å². The highest BCUT2D eigenvalue weighted by Gasteiger charge is 2.45. The Morgan fingerprint density at radius 2 is 1.62 bits per heavy atom. The van der Waals surface area contributed by atoms with Crippen molar-refractivity contribution in [1.29, 1.82) is 0 Å². The molecule has 0 saturated carbocycles. The van der Waals surface area contributed by atoms with Crippen molar-refractivity contribution in [2.75, 3.05) is 25.2 Å². The first-order chi connectivity index (χ1) is 20.9. The van der Waals surface area contributed by atoms with E-state index in [1.807, 2.05) is 0 Å². The number of carbonyl (C=O) groups is 1. The van der Waals surface area contributed by atoms with Gasteiger partial charge in [0.1, 0.15) is 6.61 Å². The zero-order valence-corrected chi connectivity index (χ0v) is 24.1. The Kier molecular flexibility index (Phi) is 9.66. The Morgan fingerprint density at radius 1 is 1.00 bits per heavy atom. The van der Waals surface area contributed by atoms with Crippen LogP contribution in [0, 0.1) is 0 Å². The van der Waals surface area contributed by atoms with Crippen LogP contribution in [0.5, 0.6) is 0 Å². The van der Waals surface area contributed by atoms with Gasteiger partial charge < -0.3 is 14.3 Å². The first-order valence-corrected chi connectivity index (χ1v) is 13.7. The standard InChI is InChI=1S/C28H29F9N4O4/c1-4-19-12-21(20-11-16(26(29,30)31)6-7-22(20)41(19)24(42)44-5-2)38-25(39-23(14-43-3)45-40-25)13-15-8-17(27(32,33)34)10-18(9-15)28(35,36)37/h6-11,19,21,38,40H,4-5,12-14H2,1-3H3/t19-,21+,25?/m1/s1. The molecular weight excluding hydrogens is 627 g/mol. The summed E-state index contributed by atoms with van der Waals surface area (Å²) in [6.45, 7) is 3.03. The van der Waals surface area contributed by atoms with E-state index in [1.165, 1.54) is 12.0 Å². The summed E-state index contributed by atoms with van der Waals surface area (Å²) < 4.78 is 133. The van der Waals surface area contributed by atoms with E-state index in [-0.39, 0.29) is 42.8 Å². The molecule has 0 saturated heterocycles. The zero-order valence-electron chi connectivity index (χ0n) is 24.1. The lowest BCUT2D eigenvalue weighted by atomic mass is 9.88. The molecule has 2 heterocycles. The summed E-state index contributed by atoms with van der Waals surface area (Å²) in [7, 11) is 1.29. The topological polar surface area (TPSA) is 84.4 Å². The second-order valence-electron chi connectivity index (χ2n) is 10.4. The third-order valence-corrected chi connectivity index (χ3v) is 7.24. The lowest BCUT2D eigenvalue weighted by Gasteiger charge is -2.42. The minimum absolute atomic E-state index is 0.0122. The van der Waals surface area contributed by atoms with E-state index < -0.39 is 71.2 Å². The molecule has 45 heavy (non-hydrogen) atoms. The molecule has 0 bridgehead atoms. The number of nitrogens with zero attached hydrogens (tertiary/aromatic N) is 2. The number of rotatable bonds is 8. The number of methoxy groups -OCH3 is 1. The average molecular weight is 657 g/mol. The number of aliphatic imine (C=N–C) groups is 1. The zero-order chi connectivity index (χ0) is 33.4. The Labute approximate surface area is 251 Å². The maximum Gasteiger partial charge on any atom is 0.416 e. The fourth-order valence-corrected chi connectivity index (χ4v) is 5.34. The third-order valence-electron chi connectivity index (χ3n) is 7.24. The Balaban J connectivity index is 1.85. The van der Waals surface area contributed by atoms with E-state index in [9.17, 15) is 44.3 Å². The van der Waals surface area contributed by atoms with Crippen molar-refractivity contribution in [3.63, 3.8) is 0 Å². The first kappa shape index (κ1) is 34.3. The van der Waals surface area contributed by atoms with Crippen LogP contribution in [0.3, 0.4) is 0 Å². The van der Waals surface area contributed by atoms with Crippen LogP contribution in [0.1, 0.15) is 60.5 Å². The van der Waals surface area contributed by atoms with Crippen molar-refractivity contribution >= 4 is 17.7 Å². The molecule has 2 aliphatic heterocycles. The molecular formula is C28H29F9N4O4. The summed E-state index contributed by atoms with van der Waals surface area (Å²) in [5, 5.41) is 2.99. The van der Waals surface area contributed by atoms with Crippen LogP contribution in [0.25, 0.3) is 0 Å². The number of benzene rings is 2. The summed E-state index contributed by atoms with van der Waals surface area (Å²) in [6, 6.07) is 2.07. The first-order valence-electron chi connectivity index (χ1n) is 13.7. The molecule has 0 radical (unpaired) electrons. The molecule has 0 aromatic heterocycles. The Morgan fingerprint density at radius 3 is 2.16 bits per heavy atom. The van der Waals surface area contributed by atoms with Crippen LogP contribution in [0.4, 0.5) is 50.0 Å². The largest absolute Gasteiger partial charge is 0.449 e. The fraction of sp³-hybridized carbons (Fsp3) is 0.500. The molecule has 0 fully saturated rings. The van der Waals surface area contributed by atoms with Crippen LogP contribution in [-0.4, -0.2) is 44.1 Å². The lowest BCUT2D eigenvalue weighted by Crippen LogP contribution is -2.57. The van der Waals surface area contributed by atoms with Gasteiger partial charge in [-0.2, -0.15) is 39.5 Å². The number of anilines is 1. The number of halogens is 9. The molecule has 17 heteroatoms. The van der Waals surface area contributed by atoms with E-state index >= 15 is 0 Å². The Hall–Kier alpha value is -3.57. The van der Waals surface area contributed by atoms with Gasteiger partial charge in [-0.25, -0.2) is 9.79 Å². The molecule has 8 nitrogen and oxygen atoms in total. The van der Waals surface area contributed by atoms with Gasteiger partial charge in [0.15, 0.2) is 0 Å². The van der Waals surface area contributed by atoms with E-state index in [1.54, 1.807) is 13.8 Å². The van der Waals surface area contributed by atoms with Crippen molar-refractivity contribution in [3.05, 3.63) is 64.2 Å². The Bertz CT molecular complexity index is 1400. The van der Waals surface area contributed by atoms with Gasteiger partial charge in [-0.1, -0.05) is 6.92 Å². The summed E-state index contributed by atoms with van der Waals surface area (Å²) in [4.78, 5) is 23.8. The summed E-state index contributed by atoms with van der Waals surface area (Å²) in [5.41, 5.74) is -2.08. The van der Waals surface area contributed by atoms with Gasteiger partial charge in [0.25, 0.3) is 0 Å². The maximum atomic E-state index is 13.8. The highest BCUT2D eigenvalue weighted by Crippen LogP contribution is 2.43. The number of ether oxygens (including phenoxy) is 2. The molecule has 4 rings (SSSR count). The minimum atomic E-state index is -5.12. The molecule has 0 spiro atoms. The second kappa shape index (κ2) is 12.7. The van der Waals surface area contributed by atoms with Gasteiger partial charge in [-0.05, 0) is 67.3 Å². The number of amides is 1. The molecule has 2 aromatic rings. The maximum absolute atomic E-state index is 13.8. The molecule has 0 aliphatic carbocycles. The van der Waals surface area contributed by atoms with Gasteiger partial charge in [0, 0.05) is 25.6 Å². The van der Waals surface area contributed by atoms with Crippen molar-refractivity contribution in [1.82, 2.24) is 10.8 Å². The smallest absolute Gasteiger partial charge is 0.416 e. The molecule has 1 unspecified atom stereocenters. The van der Waals surface area contributed by atoms with E-state index in [4.69, 9.17) is 14.3 Å². The number of carbonyl (C=O) groups excluding carboxylic acids is 1. The number of hydrogen-bond acceptors (Lipinski definition) is 7. The molecule has 2 aliphatic rings. The van der Waals surface area contributed by atoms with Crippen LogP contribution in [0.15, 0.2) is 41.4 Å². The van der Waals surface area contributed by atoms with Gasteiger partial charge in [0.2, 0.25) is 11.7 Å². The number of nitrogens with one attached hydrogen (secondary N) is 2. The van der Waals surface area contributed by atoms with E-state index in [2.05, 4.69) is 15.8 Å². The number of hydroxylamine groups is 1. The predicted molar refractivity (Wildman–Crippen MR) is 142 cm³/mol. The molecule has 2 N–H and O–H groups in total. The van der Waals surface area contributed by atoms with E-state index in [0.717, 1.165) is 18.2 Å². The summed E-state index contributed by atoms with van der Waals surface area (Å²) in [5.74, 6) is -2.10. The van der Waals surface area contributed by atoms with E-state index in [0.29, 0.717) is 18.6 Å². The fourth-order valence-electron chi connectivity index (χ4n) is 5.34. The second-order valence-corrected chi connectivity index (χ2v) is 10.4. The number of alkyl halides is 9. The highest BCUT2D eigenvalue weighted by molar-refractivity contribution is 5.90. The van der Waals surface area contributed by atoms with Crippen molar-refractivity contribution < 1.29 is 58.6 Å². The van der Waals surface area contributed by atoms with Crippen molar-refractivity contribution in [3.8, 4) is 0 Å². The number of fused-ring (bicyclic) bond motifs is 1. The third kappa shape index (κ3) is 7.64. The van der Waals surface area contributed by atoms with Crippen molar-refractivity contribution in [2.45, 2.75) is 69.5 Å². The minimum Gasteiger partial charge on any atom is -0.449 e. The molecule has 248 valence electrons. The normalized spacial score (nSPS) is 22.1. The summed E-state index contributed by atoms with van der Waals surface area (Å²) >= 11 is 0. The SMILES string of the molecule is CCOC(=O)N1c2ccc(C(F)(F)F)cc2[C@@H](NC2(Cc3cc(C(F)(F)F)cc(C(F)(F)F)c3)N=C(COC)ON2)C[C@H]1CC. The quantitative estimate of drug-likeness (QED) is 0.298. The van der Waals surface area contributed by atoms with Crippen LogP contribution in [0.2, 0.25) is 0 Å². The monoisotopic (exact) mass is 656 g/mol. The lowest BCUT2D eigenvalue weighted by molar-refractivity contribution is -0.143. The average Bonchev–Trinajstić information content (AvgIpc) is 3.32. The summed E-state index contributed by atoms with van der Waals surface area (Å²) in [6.07, 6.45) is -16.2. The predicted octanol–water partition coefficient (Wildman–Crippen LogP) is 7.00.